The van der Waals surface area contributed by atoms with Crippen LogP contribution in [0.25, 0.3) is 0 Å². The van der Waals surface area contributed by atoms with Crippen molar-refractivity contribution < 1.29 is 4.74 Å². The van der Waals surface area contributed by atoms with Crippen LogP contribution < -0.4 is 5.73 Å². The number of aliphatic imine (C=N–C) groups is 1. The minimum absolute atomic E-state index is 0.200. The third-order valence-electron chi connectivity index (χ3n) is 3.33. The van der Waals surface area contributed by atoms with E-state index in [4.69, 9.17) is 10.5 Å². The van der Waals surface area contributed by atoms with Crippen molar-refractivity contribution in [2.75, 3.05) is 26.8 Å². The van der Waals surface area contributed by atoms with Gasteiger partial charge in [0.15, 0.2) is 5.96 Å². The zero-order chi connectivity index (χ0) is 14.0. The Kier molecular flexibility index (Phi) is 4.16. The molecule has 2 N–H and O–H groups in total. The van der Waals surface area contributed by atoms with Gasteiger partial charge >= 0.3 is 0 Å². The molecule has 2 rings (SSSR count). The molecule has 1 aromatic rings. The second-order valence-corrected chi connectivity index (χ2v) is 6.97. The number of hydrogen-bond donors (Lipinski definition) is 1. The highest BCUT2D eigenvalue weighted by Gasteiger charge is 2.29. The summed E-state index contributed by atoms with van der Waals surface area (Å²) in [5.74, 6) is 0.632. The summed E-state index contributed by atoms with van der Waals surface area (Å²) in [4.78, 5) is 9.25. The van der Waals surface area contributed by atoms with E-state index in [1.165, 1.54) is 9.75 Å². The van der Waals surface area contributed by atoms with Gasteiger partial charge in [-0.1, -0.05) is 20.8 Å². The quantitative estimate of drug-likeness (QED) is 0.922. The average Bonchev–Trinajstić information content (AvgIpc) is 2.92. The van der Waals surface area contributed by atoms with E-state index in [9.17, 15) is 0 Å². The molecule has 0 bridgehead atoms. The molecule has 0 fully saturated rings. The predicted octanol–water partition coefficient (Wildman–Crippen LogP) is 2.36. The lowest BCUT2D eigenvalue weighted by Crippen LogP contribution is -2.38. The summed E-state index contributed by atoms with van der Waals surface area (Å²) in [7, 11) is 1.71. The van der Waals surface area contributed by atoms with Crippen LogP contribution >= 0.6 is 11.3 Å². The zero-order valence-corrected chi connectivity index (χ0v) is 13.0. The smallest absolute Gasteiger partial charge is 0.192 e. The molecular weight excluding hydrogens is 258 g/mol. The summed E-state index contributed by atoms with van der Waals surface area (Å²) < 4.78 is 5.15. The van der Waals surface area contributed by atoms with E-state index >= 15 is 0 Å². The van der Waals surface area contributed by atoms with Gasteiger partial charge in [-0.2, -0.15) is 0 Å². The van der Waals surface area contributed by atoms with Crippen molar-refractivity contribution in [2.24, 2.45) is 10.7 Å². The standard InChI is InChI=1S/C14H23N3OS/c1-14(2,3)12-6-5-11(19-12)10-9-16-13(15)17(10)7-8-18-4/h5-6,10H,7-9H2,1-4H3,(H2,15,16). The maximum absolute atomic E-state index is 5.97. The molecule has 19 heavy (non-hydrogen) atoms. The zero-order valence-electron chi connectivity index (χ0n) is 12.1. The van der Waals surface area contributed by atoms with Crippen LogP contribution in [0.3, 0.4) is 0 Å². The van der Waals surface area contributed by atoms with Gasteiger partial charge in [-0.15, -0.1) is 11.3 Å². The lowest BCUT2D eigenvalue weighted by molar-refractivity contribution is 0.167. The molecule has 1 atom stereocenters. The Morgan fingerprint density at radius 1 is 1.47 bits per heavy atom. The van der Waals surface area contributed by atoms with Crippen LogP contribution in [-0.4, -0.2) is 37.7 Å². The van der Waals surface area contributed by atoms with E-state index in [1.54, 1.807) is 7.11 Å². The van der Waals surface area contributed by atoms with E-state index in [0.717, 1.165) is 13.1 Å². The van der Waals surface area contributed by atoms with Crippen molar-refractivity contribution in [3.05, 3.63) is 21.9 Å². The molecule has 2 heterocycles. The molecule has 4 nitrogen and oxygen atoms in total. The number of nitrogens with two attached hydrogens (primary N) is 1. The number of guanidine groups is 1. The van der Waals surface area contributed by atoms with Gasteiger partial charge in [0, 0.05) is 23.4 Å². The summed E-state index contributed by atoms with van der Waals surface area (Å²) >= 11 is 1.86. The van der Waals surface area contributed by atoms with Gasteiger partial charge in [0.2, 0.25) is 0 Å². The molecular formula is C14H23N3OS. The molecule has 1 aliphatic rings. The Labute approximate surface area is 119 Å². The Morgan fingerprint density at radius 3 is 2.79 bits per heavy atom. The fourth-order valence-electron chi connectivity index (χ4n) is 2.17. The minimum Gasteiger partial charge on any atom is -0.383 e. The Balaban J connectivity index is 2.15. The van der Waals surface area contributed by atoms with Crippen molar-refractivity contribution in [3.8, 4) is 0 Å². The van der Waals surface area contributed by atoms with Gasteiger partial charge < -0.3 is 15.4 Å². The molecule has 0 radical (unpaired) electrons. The second-order valence-electron chi connectivity index (χ2n) is 5.85. The minimum atomic E-state index is 0.200. The van der Waals surface area contributed by atoms with Crippen LogP contribution in [0.1, 0.15) is 36.6 Å². The van der Waals surface area contributed by atoms with Gasteiger partial charge in [-0.25, -0.2) is 0 Å². The molecule has 106 valence electrons. The van der Waals surface area contributed by atoms with Crippen LogP contribution in [0.2, 0.25) is 0 Å². The maximum Gasteiger partial charge on any atom is 0.192 e. The van der Waals surface area contributed by atoms with Crippen molar-refractivity contribution in [1.29, 1.82) is 0 Å². The largest absolute Gasteiger partial charge is 0.383 e. The summed E-state index contributed by atoms with van der Waals surface area (Å²) in [5.41, 5.74) is 6.16. The summed E-state index contributed by atoms with van der Waals surface area (Å²) in [6.45, 7) is 8.93. The Morgan fingerprint density at radius 2 is 2.21 bits per heavy atom. The highest BCUT2D eigenvalue weighted by Crippen LogP contribution is 2.35. The van der Waals surface area contributed by atoms with Gasteiger partial charge in [0.05, 0.1) is 19.2 Å². The number of methoxy groups -OCH3 is 1. The molecule has 5 heteroatoms. The normalized spacial score (nSPS) is 19.9. The monoisotopic (exact) mass is 281 g/mol. The topological polar surface area (TPSA) is 50.9 Å². The number of hydrogen-bond acceptors (Lipinski definition) is 5. The first-order valence-electron chi connectivity index (χ1n) is 6.59. The SMILES string of the molecule is COCCN1C(N)=NCC1c1ccc(C(C)(C)C)s1. The van der Waals surface area contributed by atoms with Crippen molar-refractivity contribution in [1.82, 2.24) is 4.90 Å². The average molecular weight is 281 g/mol. The van der Waals surface area contributed by atoms with Gasteiger partial charge in [0.1, 0.15) is 0 Å². The first-order chi connectivity index (χ1) is 8.93. The lowest BCUT2D eigenvalue weighted by Gasteiger charge is -2.25. The summed E-state index contributed by atoms with van der Waals surface area (Å²) in [6.07, 6.45) is 0. The van der Waals surface area contributed by atoms with Crippen molar-refractivity contribution >= 4 is 17.3 Å². The number of thiophene rings is 1. The Hall–Kier alpha value is -1.07. The molecule has 0 spiro atoms. The third-order valence-corrected chi connectivity index (χ3v) is 4.94. The number of ether oxygens (including phenoxy) is 1. The molecule has 1 unspecified atom stereocenters. The van der Waals surface area contributed by atoms with Crippen molar-refractivity contribution in [3.63, 3.8) is 0 Å². The molecule has 0 saturated heterocycles. The van der Waals surface area contributed by atoms with E-state index in [1.807, 2.05) is 11.3 Å². The molecule has 0 aliphatic carbocycles. The third kappa shape index (κ3) is 3.09. The van der Waals surface area contributed by atoms with Gasteiger partial charge in [-0.05, 0) is 17.5 Å². The van der Waals surface area contributed by atoms with E-state index in [-0.39, 0.29) is 11.5 Å². The molecule has 1 aliphatic heterocycles. The summed E-state index contributed by atoms with van der Waals surface area (Å²) in [6, 6.07) is 4.71. The number of nitrogens with zero attached hydrogens (tertiary/aromatic N) is 2. The van der Waals surface area contributed by atoms with Crippen LogP contribution in [-0.2, 0) is 10.2 Å². The van der Waals surface area contributed by atoms with E-state index in [0.29, 0.717) is 12.6 Å². The van der Waals surface area contributed by atoms with Crippen LogP contribution in [0.5, 0.6) is 0 Å². The molecule has 0 saturated carbocycles. The fraction of sp³-hybridized carbons (Fsp3) is 0.643. The summed E-state index contributed by atoms with van der Waals surface area (Å²) in [5, 5.41) is 0. The van der Waals surface area contributed by atoms with E-state index < -0.39 is 0 Å². The second kappa shape index (κ2) is 5.51. The first kappa shape index (κ1) is 14.3. The molecule has 1 aromatic heterocycles. The van der Waals surface area contributed by atoms with E-state index in [2.05, 4.69) is 42.8 Å². The van der Waals surface area contributed by atoms with Gasteiger partial charge in [0.25, 0.3) is 0 Å². The molecule has 0 aromatic carbocycles. The fourth-order valence-corrected chi connectivity index (χ4v) is 3.34. The Bertz CT molecular complexity index is 462. The van der Waals surface area contributed by atoms with Crippen molar-refractivity contribution in [2.45, 2.75) is 32.2 Å². The molecule has 0 amide bonds. The lowest BCUT2D eigenvalue weighted by atomic mass is 9.95. The highest BCUT2D eigenvalue weighted by atomic mass is 32.1. The first-order valence-corrected chi connectivity index (χ1v) is 7.41. The predicted molar refractivity (Wildman–Crippen MR) is 80.8 cm³/mol. The van der Waals surface area contributed by atoms with Crippen LogP contribution in [0, 0.1) is 0 Å². The van der Waals surface area contributed by atoms with Crippen LogP contribution in [0.15, 0.2) is 17.1 Å². The maximum atomic E-state index is 5.97. The van der Waals surface area contributed by atoms with Gasteiger partial charge in [-0.3, -0.25) is 4.99 Å². The van der Waals surface area contributed by atoms with Crippen LogP contribution in [0.4, 0.5) is 0 Å². The highest BCUT2D eigenvalue weighted by molar-refractivity contribution is 7.12. The number of rotatable bonds is 4.